The van der Waals surface area contributed by atoms with Crippen LogP contribution < -0.4 is 10.6 Å². The average molecular weight is 234 g/mol. The van der Waals surface area contributed by atoms with Crippen LogP contribution >= 0.6 is 0 Å². The Kier molecular flexibility index (Phi) is 5.20. The molecular weight excluding hydrogens is 216 g/mol. The summed E-state index contributed by atoms with van der Waals surface area (Å²) in [4.78, 5) is 22.8. The van der Waals surface area contributed by atoms with Gasteiger partial charge in [0.05, 0.1) is 0 Å². The lowest BCUT2D eigenvalue weighted by Crippen LogP contribution is -2.24. The molecule has 0 radical (unpaired) electrons. The summed E-state index contributed by atoms with van der Waals surface area (Å²) in [6.07, 6.45) is 0.436. The largest absolute Gasteiger partial charge is 0.356 e. The van der Waals surface area contributed by atoms with Crippen molar-refractivity contribution in [3.63, 3.8) is 0 Å². The third kappa shape index (κ3) is 4.68. The molecule has 4 nitrogen and oxygen atoms in total. The number of anilines is 1. The Morgan fingerprint density at radius 1 is 1.12 bits per heavy atom. The van der Waals surface area contributed by atoms with Gasteiger partial charge in [0.15, 0.2) is 0 Å². The first-order valence-electron chi connectivity index (χ1n) is 5.75. The number of hydrogen-bond acceptors (Lipinski definition) is 2. The molecule has 0 saturated heterocycles. The highest BCUT2D eigenvalue weighted by atomic mass is 16.2. The number of carbonyl (C=O) groups excluding carboxylic acids is 2. The monoisotopic (exact) mass is 234 g/mol. The minimum Gasteiger partial charge on any atom is -0.356 e. The van der Waals surface area contributed by atoms with Crippen LogP contribution in [0.1, 0.15) is 25.3 Å². The van der Waals surface area contributed by atoms with E-state index in [0.717, 1.165) is 11.3 Å². The molecule has 2 N–H and O–H groups in total. The molecule has 0 fully saturated rings. The summed E-state index contributed by atoms with van der Waals surface area (Å²) in [5.41, 5.74) is 1.81. The quantitative estimate of drug-likeness (QED) is 0.816. The van der Waals surface area contributed by atoms with Crippen LogP contribution in [0, 0.1) is 6.92 Å². The first-order valence-corrected chi connectivity index (χ1v) is 5.75. The molecule has 1 rings (SSSR count). The summed E-state index contributed by atoms with van der Waals surface area (Å²) in [7, 11) is 0. The summed E-state index contributed by atoms with van der Waals surface area (Å²) in [6.45, 7) is 4.38. The Balaban J connectivity index is 2.40. The molecule has 0 atom stereocenters. The first kappa shape index (κ1) is 13.2. The van der Waals surface area contributed by atoms with E-state index in [-0.39, 0.29) is 24.7 Å². The van der Waals surface area contributed by atoms with Gasteiger partial charge in [-0.2, -0.15) is 0 Å². The molecule has 0 aromatic heterocycles. The molecule has 4 heteroatoms. The van der Waals surface area contributed by atoms with Crippen LogP contribution in [0.2, 0.25) is 0 Å². The fourth-order valence-corrected chi connectivity index (χ4v) is 1.44. The molecule has 0 saturated carbocycles. The lowest BCUT2D eigenvalue weighted by atomic mass is 10.2. The van der Waals surface area contributed by atoms with Gasteiger partial charge in [-0.25, -0.2) is 0 Å². The van der Waals surface area contributed by atoms with E-state index in [9.17, 15) is 9.59 Å². The van der Waals surface area contributed by atoms with Gasteiger partial charge in [0.1, 0.15) is 0 Å². The van der Waals surface area contributed by atoms with Crippen LogP contribution in [0.4, 0.5) is 5.69 Å². The SMILES string of the molecule is CCNC(=O)CCC(=O)Nc1ccccc1C. The van der Waals surface area contributed by atoms with E-state index in [1.807, 2.05) is 38.1 Å². The number of nitrogens with one attached hydrogen (secondary N) is 2. The molecular formula is C13H18N2O2. The maximum Gasteiger partial charge on any atom is 0.224 e. The van der Waals surface area contributed by atoms with Gasteiger partial charge in [-0.15, -0.1) is 0 Å². The molecule has 92 valence electrons. The van der Waals surface area contributed by atoms with Crippen molar-refractivity contribution in [1.29, 1.82) is 0 Å². The third-order valence-electron chi connectivity index (χ3n) is 2.37. The number of aryl methyl sites for hydroxylation is 1. The summed E-state index contributed by atoms with van der Waals surface area (Å²) in [5, 5.41) is 5.45. The van der Waals surface area contributed by atoms with Crippen LogP contribution in [0.3, 0.4) is 0 Å². The normalized spacial score (nSPS) is 9.76. The van der Waals surface area contributed by atoms with Crippen molar-refractivity contribution in [3.05, 3.63) is 29.8 Å². The van der Waals surface area contributed by atoms with Gasteiger partial charge in [-0.3, -0.25) is 9.59 Å². The van der Waals surface area contributed by atoms with Crippen molar-refractivity contribution in [1.82, 2.24) is 5.32 Å². The van der Waals surface area contributed by atoms with Gasteiger partial charge in [0.25, 0.3) is 0 Å². The zero-order valence-corrected chi connectivity index (χ0v) is 10.2. The van der Waals surface area contributed by atoms with E-state index in [1.165, 1.54) is 0 Å². The van der Waals surface area contributed by atoms with Gasteiger partial charge in [0.2, 0.25) is 11.8 Å². The number of carbonyl (C=O) groups is 2. The molecule has 0 spiro atoms. The Labute approximate surface area is 101 Å². The topological polar surface area (TPSA) is 58.2 Å². The standard InChI is InChI=1S/C13H18N2O2/c1-3-14-12(16)8-9-13(17)15-11-7-5-4-6-10(11)2/h4-7H,3,8-9H2,1-2H3,(H,14,16)(H,15,17). The molecule has 0 aliphatic carbocycles. The molecule has 0 heterocycles. The van der Waals surface area contributed by atoms with E-state index < -0.39 is 0 Å². The first-order chi connectivity index (χ1) is 8.13. The minimum atomic E-state index is -0.134. The maximum atomic E-state index is 11.6. The van der Waals surface area contributed by atoms with Crippen molar-refractivity contribution in [3.8, 4) is 0 Å². The second kappa shape index (κ2) is 6.68. The highest BCUT2D eigenvalue weighted by molar-refractivity contribution is 5.93. The molecule has 1 aromatic carbocycles. The van der Waals surface area contributed by atoms with E-state index in [4.69, 9.17) is 0 Å². The average Bonchev–Trinajstić information content (AvgIpc) is 2.30. The van der Waals surface area contributed by atoms with Gasteiger partial charge in [-0.1, -0.05) is 18.2 Å². The van der Waals surface area contributed by atoms with Crippen LogP contribution in [0.5, 0.6) is 0 Å². The number of rotatable bonds is 5. The van der Waals surface area contributed by atoms with E-state index in [0.29, 0.717) is 6.54 Å². The Bertz CT molecular complexity index is 402. The van der Waals surface area contributed by atoms with Crippen molar-refractivity contribution >= 4 is 17.5 Å². The van der Waals surface area contributed by atoms with E-state index in [1.54, 1.807) is 0 Å². The highest BCUT2D eigenvalue weighted by Gasteiger charge is 2.07. The Morgan fingerprint density at radius 3 is 2.41 bits per heavy atom. The second-order valence-corrected chi connectivity index (χ2v) is 3.82. The summed E-state index contributed by atoms with van der Waals surface area (Å²) >= 11 is 0. The van der Waals surface area contributed by atoms with Crippen molar-refractivity contribution in [2.45, 2.75) is 26.7 Å². The number of benzene rings is 1. The minimum absolute atomic E-state index is 0.0903. The third-order valence-corrected chi connectivity index (χ3v) is 2.37. The molecule has 0 aliphatic heterocycles. The fraction of sp³-hybridized carbons (Fsp3) is 0.385. The van der Waals surface area contributed by atoms with Crippen LogP contribution in [0.15, 0.2) is 24.3 Å². The zero-order chi connectivity index (χ0) is 12.7. The predicted octanol–water partition coefficient (Wildman–Crippen LogP) is 1.85. The van der Waals surface area contributed by atoms with Crippen LogP contribution in [-0.4, -0.2) is 18.4 Å². The smallest absolute Gasteiger partial charge is 0.224 e. The zero-order valence-electron chi connectivity index (χ0n) is 10.2. The lowest BCUT2D eigenvalue weighted by molar-refractivity contribution is -0.124. The van der Waals surface area contributed by atoms with Gasteiger partial charge in [-0.05, 0) is 25.5 Å². The van der Waals surface area contributed by atoms with Crippen LogP contribution in [0.25, 0.3) is 0 Å². The van der Waals surface area contributed by atoms with Gasteiger partial charge < -0.3 is 10.6 Å². The van der Waals surface area contributed by atoms with Crippen molar-refractivity contribution in [2.24, 2.45) is 0 Å². The summed E-state index contributed by atoms with van der Waals surface area (Å²) in [5.74, 6) is -0.224. The fourth-order valence-electron chi connectivity index (χ4n) is 1.44. The van der Waals surface area contributed by atoms with Gasteiger partial charge in [0, 0.05) is 25.1 Å². The highest BCUT2D eigenvalue weighted by Crippen LogP contribution is 2.13. The Morgan fingerprint density at radius 2 is 1.76 bits per heavy atom. The van der Waals surface area contributed by atoms with E-state index >= 15 is 0 Å². The van der Waals surface area contributed by atoms with Crippen molar-refractivity contribution < 1.29 is 9.59 Å². The summed E-state index contributed by atoms with van der Waals surface area (Å²) in [6, 6.07) is 7.56. The lowest BCUT2D eigenvalue weighted by Gasteiger charge is -2.07. The number of para-hydroxylation sites is 1. The second-order valence-electron chi connectivity index (χ2n) is 3.82. The number of amides is 2. The molecule has 2 amide bonds. The molecule has 0 bridgehead atoms. The molecule has 1 aromatic rings. The van der Waals surface area contributed by atoms with E-state index in [2.05, 4.69) is 10.6 Å². The van der Waals surface area contributed by atoms with Gasteiger partial charge >= 0.3 is 0 Å². The van der Waals surface area contributed by atoms with Crippen LogP contribution in [-0.2, 0) is 9.59 Å². The Hall–Kier alpha value is -1.84. The molecule has 0 aliphatic rings. The predicted molar refractivity (Wildman–Crippen MR) is 67.7 cm³/mol. The summed E-state index contributed by atoms with van der Waals surface area (Å²) < 4.78 is 0. The maximum absolute atomic E-state index is 11.6. The number of hydrogen-bond donors (Lipinski definition) is 2. The molecule has 0 unspecified atom stereocenters. The molecule has 17 heavy (non-hydrogen) atoms. The van der Waals surface area contributed by atoms with Crippen molar-refractivity contribution in [2.75, 3.05) is 11.9 Å².